The van der Waals surface area contributed by atoms with E-state index in [9.17, 15) is 13.2 Å². The van der Waals surface area contributed by atoms with Crippen LogP contribution in [0.1, 0.15) is 11.4 Å². The summed E-state index contributed by atoms with van der Waals surface area (Å²) < 4.78 is 37.7. The Morgan fingerprint density at radius 1 is 1.00 bits per heavy atom. The Morgan fingerprint density at radius 3 is 2.24 bits per heavy atom. The average Bonchev–Trinajstić information content (AvgIpc) is 2.28. The van der Waals surface area contributed by atoms with Gasteiger partial charge in [0.05, 0.1) is 0 Å². The van der Waals surface area contributed by atoms with Gasteiger partial charge in [0, 0.05) is 11.3 Å². The highest BCUT2D eigenvalue weighted by Gasteiger charge is 2.33. The minimum absolute atomic E-state index is 0.0953. The van der Waals surface area contributed by atoms with Gasteiger partial charge in [0.1, 0.15) is 5.69 Å². The van der Waals surface area contributed by atoms with E-state index in [2.05, 4.69) is 9.97 Å². The van der Waals surface area contributed by atoms with Gasteiger partial charge in [-0.05, 0) is 13.0 Å². The minimum atomic E-state index is -4.45. The van der Waals surface area contributed by atoms with Crippen molar-refractivity contribution in [3.05, 3.63) is 47.8 Å². The topological polar surface area (TPSA) is 25.8 Å². The first-order chi connectivity index (χ1) is 7.97. The summed E-state index contributed by atoms with van der Waals surface area (Å²) in [6, 6.07) is 9.53. The van der Waals surface area contributed by atoms with E-state index >= 15 is 0 Å². The van der Waals surface area contributed by atoms with Gasteiger partial charge in [0.15, 0.2) is 5.82 Å². The van der Waals surface area contributed by atoms with Gasteiger partial charge in [-0.3, -0.25) is 0 Å². The Balaban J connectivity index is 2.54. The van der Waals surface area contributed by atoms with E-state index in [-0.39, 0.29) is 5.82 Å². The molecule has 1 aromatic carbocycles. The van der Waals surface area contributed by atoms with Gasteiger partial charge < -0.3 is 0 Å². The highest BCUT2D eigenvalue weighted by molar-refractivity contribution is 5.54. The second-order valence-electron chi connectivity index (χ2n) is 3.58. The lowest BCUT2D eigenvalue weighted by Gasteiger charge is -2.08. The van der Waals surface area contributed by atoms with Crippen LogP contribution in [0.5, 0.6) is 0 Å². The SMILES string of the molecule is Cc1cc(C(F)(F)F)nc(-c2ccccc2)n1. The highest BCUT2D eigenvalue weighted by atomic mass is 19.4. The van der Waals surface area contributed by atoms with Crippen molar-refractivity contribution in [2.24, 2.45) is 0 Å². The molecule has 0 N–H and O–H groups in total. The molecule has 17 heavy (non-hydrogen) atoms. The lowest BCUT2D eigenvalue weighted by molar-refractivity contribution is -0.141. The normalized spacial score (nSPS) is 11.5. The molecule has 1 aromatic heterocycles. The zero-order valence-electron chi connectivity index (χ0n) is 8.99. The molecule has 88 valence electrons. The molecule has 5 heteroatoms. The van der Waals surface area contributed by atoms with Crippen LogP contribution in [0.2, 0.25) is 0 Å². The van der Waals surface area contributed by atoms with Crippen molar-refractivity contribution in [1.29, 1.82) is 0 Å². The maximum atomic E-state index is 12.6. The molecule has 0 aliphatic rings. The zero-order valence-corrected chi connectivity index (χ0v) is 8.99. The zero-order chi connectivity index (χ0) is 12.5. The molecule has 0 spiro atoms. The van der Waals surface area contributed by atoms with Crippen LogP contribution in [0, 0.1) is 6.92 Å². The van der Waals surface area contributed by atoms with Gasteiger partial charge in [-0.2, -0.15) is 13.2 Å². The van der Waals surface area contributed by atoms with Crippen LogP contribution in [0.25, 0.3) is 11.4 Å². The second-order valence-corrected chi connectivity index (χ2v) is 3.58. The molecule has 0 atom stereocenters. The van der Waals surface area contributed by atoms with Crippen molar-refractivity contribution < 1.29 is 13.2 Å². The van der Waals surface area contributed by atoms with Crippen LogP contribution in [0.3, 0.4) is 0 Å². The third kappa shape index (κ3) is 2.61. The fourth-order valence-corrected chi connectivity index (χ4v) is 1.43. The summed E-state index contributed by atoms with van der Waals surface area (Å²) in [6.07, 6.45) is -4.45. The van der Waals surface area contributed by atoms with Gasteiger partial charge in [-0.1, -0.05) is 30.3 Å². The molecular formula is C12H9F3N2. The average molecular weight is 238 g/mol. The Bertz CT molecular complexity index is 521. The van der Waals surface area contributed by atoms with E-state index < -0.39 is 11.9 Å². The van der Waals surface area contributed by atoms with Crippen LogP contribution in [-0.2, 0) is 6.18 Å². The summed E-state index contributed by atoms with van der Waals surface area (Å²) in [5.74, 6) is 0.0953. The van der Waals surface area contributed by atoms with E-state index in [1.165, 1.54) is 6.92 Å². The van der Waals surface area contributed by atoms with E-state index in [4.69, 9.17) is 0 Å². The van der Waals surface area contributed by atoms with Gasteiger partial charge in [0.25, 0.3) is 0 Å². The molecule has 0 bridgehead atoms. The Kier molecular flexibility index (Phi) is 2.83. The number of halogens is 3. The Hall–Kier alpha value is -1.91. The van der Waals surface area contributed by atoms with E-state index in [1.54, 1.807) is 30.3 Å². The lowest BCUT2D eigenvalue weighted by Crippen LogP contribution is -2.10. The molecule has 0 fully saturated rings. The number of benzene rings is 1. The first-order valence-electron chi connectivity index (χ1n) is 4.95. The van der Waals surface area contributed by atoms with Crippen molar-refractivity contribution >= 4 is 0 Å². The van der Waals surface area contributed by atoms with Crippen molar-refractivity contribution in [2.75, 3.05) is 0 Å². The fourth-order valence-electron chi connectivity index (χ4n) is 1.43. The molecule has 2 nitrogen and oxygen atoms in total. The van der Waals surface area contributed by atoms with E-state index in [0.29, 0.717) is 11.3 Å². The molecule has 2 rings (SSSR count). The first kappa shape index (κ1) is 11.6. The van der Waals surface area contributed by atoms with Crippen LogP contribution in [0.15, 0.2) is 36.4 Å². The summed E-state index contributed by atoms with van der Waals surface area (Å²) in [5, 5.41) is 0. The Labute approximate surface area is 96.2 Å². The Morgan fingerprint density at radius 2 is 1.65 bits per heavy atom. The molecule has 0 aliphatic carbocycles. The number of rotatable bonds is 1. The van der Waals surface area contributed by atoms with Crippen LogP contribution >= 0.6 is 0 Å². The summed E-state index contributed by atoms with van der Waals surface area (Å²) in [5.41, 5.74) is -0.0447. The van der Waals surface area contributed by atoms with Crippen LogP contribution in [-0.4, -0.2) is 9.97 Å². The summed E-state index contributed by atoms with van der Waals surface area (Å²) >= 11 is 0. The number of hydrogen-bond donors (Lipinski definition) is 0. The van der Waals surface area contributed by atoms with Gasteiger partial charge >= 0.3 is 6.18 Å². The molecule has 2 aromatic rings. The second kappa shape index (κ2) is 4.16. The molecule has 0 saturated carbocycles. The monoisotopic (exact) mass is 238 g/mol. The molecule has 1 heterocycles. The van der Waals surface area contributed by atoms with Crippen molar-refractivity contribution in [3.8, 4) is 11.4 Å². The van der Waals surface area contributed by atoms with Gasteiger partial charge in [-0.25, -0.2) is 9.97 Å². The van der Waals surface area contributed by atoms with Crippen LogP contribution in [0.4, 0.5) is 13.2 Å². The smallest absolute Gasteiger partial charge is 0.233 e. The molecular weight excluding hydrogens is 229 g/mol. The number of aromatic nitrogens is 2. The predicted octanol–water partition coefficient (Wildman–Crippen LogP) is 3.47. The number of aryl methyl sites for hydroxylation is 1. The van der Waals surface area contributed by atoms with Crippen LogP contribution < -0.4 is 0 Å². The first-order valence-corrected chi connectivity index (χ1v) is 4.95. The molecule has 0 unspecified atom stereocenters. The summed E-state index contributed by atoms with van der Waals surface area (Å²) in [7, 11) is 0. The maximum Gasteiger partial charge on any atom is 0.433 e. The lowest BCUT2D eigenvalue weighted by atomic mass is 10.2. The van der Waals surface area contributed by atoms with Crippen molar-refractivity contribution in [2.45, 2.75) is 13.1 Å². The predicted molar refractivity (Wildman–Crippen MR) is 57.2 cm³/mol. The van der Waals surface area contributed by atoms with Crippen molar-refractivity contribution in [1.82, 2.24) is 9.97 Å². The minimum Gasteiger partial charge on any atom is -0.233 e. The molecule has 0 saturated heterocycles. The quantitative estimate of drug-likeness (QED) is 0.760. The third-order valence-electron chi connectivity index (χ3n) is 2.18. The standard InChI is InChI=1S/C12H9F3N2/c1-8-7-10(12(13,14)15)17-11(16-8)9-5-3-2-4-6-9/h2-7H,1H3. The fraction of sp³-hybridized carbons (Fsp3) is 0.167. The van der Waals surface area contributed by atoms with Gasteiger partial charge in [0.2, 0.25) is 0 Å². The molecule has 0 radical (unpaired) electrons. The largest absolute Gasteiger partial charge is 0.433 e. The molecule has 0 amide bonds. The summed E-state index contributed by atoms with van der Waals surface area (Å²) in [4.78, 5) is 7.55. The van der Waals surface area contributed by atoms with Gasteiger partial charge in [-0.15, -0.1) is 0 Å². The number of alkyl halides is 3. The third-order valence-corrected chi connectivity index (χ3v) is 2.18. The summed E-state index contributed by atoms with van der Waals surface area (Å²) in [6.45, 7) is 1.52. The van der Waals surface area contributed by atoms with Crippen molar-refractivity contribution in [3.63, 3.8) is 0 Å². The highest BCUT2D eigenvalue weighted by Crippen LogP contribution is 2.29. The number of nitrogens with zero attached hydrogens (tertiary/aromatic N) is 2. The maximum absolute atomic E-state index is 12.6. The molecule has 0 aliphatic heterocycles. The van der Waals surface area contributed by atoms with E-state index in [0.717, 1.165) is 6.07 Å². The van der Waals surface area contributed by atoms with E-state index in [1.807, 2.05) is 0 Å². The number of hydrogen-bond acceptors (Lipinski definition) is 2.